The molecule has 0 heterocycles. The topological polar surface area (TPSA) is 98.7 Å². The van der Waals surface area contributed by atoms with Crippen LogP contribution in [0.1, 0.15) is 60.5 Å². The van der Waals surface area contributed by atoms with Crippen molar-refractivity contribution in [1.82, 2.24) is 15.5 Å². The number of hydrogen-bond donors (Lipinski definition) is 3. The van der Waals surface area contributed by atoms with Crippen LogP contribution in [0, 0.1) is 5.41 Å². The van der Waals surface area contributed by atoms with Crippen LogP contribution >= 0.6 is 0 Å². The molecule has 0 radical (unpaired) electrons. The van der Waals surface area contributed by atoms with Crippen molar-refractivity contribution in [1.29, 1.82) is 0 Å². The van der Waals surface area contributed by atoms with Crippen LogP contribution in [0.15, 0.2) is 42.0 Å². The Morgan fingerprint density at radius 2 is 1.61 bits per heavy atom. The number of carboxylic acids is 1. The van der Waals surface area contributed by atoms with Gasteiger partial charge in [0.1, 0.15) is 6.04 Å². The van der Waals surface area contributed by atoms with Gasteiger partial charge in [-0.05, 0) is 31.4 Å². The van der Waals surface area contributed by atoms with Crippen molar-refractivity contribution in [2.75, 3.05) is 14.1 Å². The molecule has 3 atom stereocenters. The Hall–Kier alpha value is -2.67. The zero-order valence-corrected chi connectivity index (χ0v) is 21.5. The Labute approximate surface area is 198 Å². The molecule has 7 nitrogen and oxygen atoms in total. The van der Waals surface area contributed by atoms with Crippen LogP contribution in [0.2, 0.25) is 0 Å². The van der Waals surface area contributed by atoms with E-state index in [4.69, 9.17) is 0 Å². The Kier molecular flexibility index (Phi) is 9.85. The Morgan fingerprint density at radius 3 is 2.03 bits per heavy atom. The van der Waals surface area contributed by atoms with Crippen molar-refractivity contribution in [3.8, 4) is 0 Å². The second-order valence-corrected chi connectivity index (χ2v) is 10.2. The first-order valence-corrected chi connectivity index (χ1v) is 11.4. The van der Waals surface area contributed by atoms with Gasteiger partial charge in [-0.25, -0.2) is 4.79 Å². The number of benzene rings is 1. The Bertz CT molecular complexity index is 856. The zero-order chi connectivity index (χ0) is 25.6. The van der Waals surface area contributed by atoms with Crippen molar-refractivity contribution in [3.05, 3.63) is 47.5 Å². The van der Waals surface area contributed by atoms with E-state index in [2.05, 4.69) is 10.6 Å². The van der Waals surface area contributed by atoms with Crippen LogP contribution in [0.25, 0.3) is 0 Å². The molecule has 1 unspecified atom stereocenters. The molecular weight excluding hydrogens is 418 g/mol. The molecule has 3 N–H and O–H groups in total. The molecule has 0 aliphatic rings. The van der Waals surface area contributed by atoms with Gasteiger partial charge in [-0.15, -0.1) is 0 Å². The number of aliphatic carboxylic acids is 1. The van der Waals surface area contributed by atoms with E-state index in [0.29, 0.717) is 6.42 Å². The molecule has 1 rings (SSSR count). The van der Waals surface area contributed by atoms with Crippen LogP contribution in [0.4, 0.5) is 0 Å². The highest BCUT2D eigenvalue weighted by atomic mass is 16.4. The summed E-state index contributed by atoms with van der Waals surface area (Å²) in [7, 11) is 3.39. The molecule has 1 aromatic carbocycles. The molecule has 33 heavy (non-hydrogen) atoms. The number of nitrogens with zero attached hydrogens (tertiary/aromatic N) is 1. The largest absolute Gasteiger partial charge is 0.478 e. The fraction of sp³-hybridized carbons (Fsp3) is 0.577. The molecule has 184 valence electrons. The summed E-state index contributed by atoms with van der Waals surface area (Å²) in [6.45, 7) is 13.1. The molecule has 0 saturated carbocycles. The van der Waals surface area contributed by atoms with Crippen molar-refractivity contribution in [3.63, 3.8) is 0 Å². The highest BCUT2D eigenvalue weighted by Crippen LogP contribution is 2.28. The molecular formula is C26H41N3O4. The smallest absolute Gasteiger partial charge is 0.331 e. The number of nitrogens with one attached hydrogen (secondary N) is 2. The van der Waals surface area contributed by atoms with E-state index in [1.54, 1.807) is 20.2 Å². The lowest BCUT2D eigenvalue weighted by Gasteiger charge is -2.39. The third kappa shape index (κ3) is 7.16. The predicted octanol–water partition coefficient (Wildman–Crippen LogP) is 3.35. The maximum Gasteiger partial charge on any atom is 0.331 e. The molecule has 1 aromatic rings. The van der Waals surface area contributed by atoms with Crippen molar-refractivity contribution < 1.29 is 19.5 Å². The number of carbonyl (C=O) groups excluding carboxylic acids is 2. The lowest BCUT2D eigenvalue weighted by molar-refractivity contribution is -0.140. The van der Waals surface area contributed by atoms with Gasteiger partial charge in [-0.2, -0.15) is 0 Å². The first kappa shape index (κ1) is 28.4. The molecule has 0 aromatic heterocycles. The number of carboxylic acid groups (broad SMARTS) is 1. The maximum atomic E-state index is 13.5. The summed E-state index contributed by atoms with van der Waals surface area (Å²) < 4.78 is 0. The second-order valence-electron chi connectivity index (χ2n) is 10.2. The van der Waals surface area contributed by atoms with E-state index >= 15 is 0 Å². The first-order chi connectivity index (χ1) is 15.2. The van der Waals surface area contributed by atoms with Crippen LogP contribution in [0.5, 0.6) is 0 Å². The van der Waals surface area contributed by atoms with Gasteiger partial charge in [-0.3, -0.25) is 9.59 Å². The minimum absolute atomic E-state index is 0.178. The number of likely N-dealkylation sites (N-methyl/N-ethyl adjacent to an activating group) is 2. The van der Waals surface area contributed by atoms with Gasteiger partial charge >= 0.3 is 5.97 Å². The van der Waals surface area contributed by atoms with Crippen molar-refractivity contribution in [2.24, 2.45) is 5.41 Å². The van der Waals surface area contributed by atoms with E-state index in [1.807, 2.05) is 71.9 Å². The first-order valence-electron chi connectivity index (χ1n) is 11.4. The zero-order valence-electron chi connectivity index (χ0n) is 21.5. The van der Waals surface area contributed by atoms with Gasteiger partial charge < -0.3 is 20.6 Å². The highest BCUT2D eigenvalue weighted by molar-refractivity contribution is 5.91. The number of hydrogen-bond acceptors (Lipinski definition) is 4. The van der Waals surface area contributed by atoms with Gasteiger partial charge in [0, 0.05) is 18.0 Å². The lowest BCUT2D eigenvalue weighted by Crippen LogP contribution is -2.61. The van der Waals surface area contributed by atoms with Gasteiger partial charge in [0.25, 0.3) is 0 Å². The fourth-order valence-corrected chi connectivity index (χ4v) is 3.96. The van der Waals surface area contributed by atoms with E-state index in [1.165, 1.54) is 11.8 Å². The van der Waals surface area contributed by atoms with Crippen molar-refractivity contribution >= 4 is 17.8 Å². The summed E-state index contributed by atoms with van der Waals surface area (Å²) in [6.07, 6.45) is 2.13. The van der Waals surface area contributed by atoms with Gasteiger partial charge in [0.15, 0.2) is 0 Å². The second kappa shape index (κ2) is 11.5. The van der Waals surface area contributed by atoms with E-state index in [0.717, 1.165) is 5.56 Å². The highest BCUT2D eigenvalue weighted by Gasteiger charge is 2.41. The number of carbonyl (C=O) groups is 3. The summed E-state index contributed by atoms with van der Waals surface area (Å²) in [5.74, 6) is -1.54. The molecule has 0 saturated heterocycles. The van der Waals surface area contributed by atoms with Crippen LogP contribution in [0.3, 0.4) is 0 Å². The summed E-state index contributed by atoms with van der Waals surface area (Å²) in [6, 6.07) is 8.04. The summed E-state index contributed by atoms with van der Waals surface area (Å²) in [5.41, 5.74) is 0.110. The quantitative estimate of drug-likeness (QED) is 0.466. The summed E-state index contributed by atoms with van der Waals surface area (Å²) in [5, 5.41) is 15.3. The standard InChI is InChI=1S/C26H41N3O4/c1-10-19(16-17(2)24(32)33)29(9)23(31)21(25(3,4)5)28-22(30)20(27-8)26(6,7)18-14-12-11-13-15-18/h11-16,19-21,27H,10H2,1-9H3,(H,28,30)(H,32,33)/b17-16+/t19-,20+,21?/m0/s1. The molecule has 0 aliphatic carbocycles. The Morgan fingerprint density at radius 1 is 1.06 bits per heavy atom. The van der Waals surface area contributed by atoms with Crippen molar-refractivity contribution in [2.45, 2.75) is 78.4 Å². The van der Waals surface area contributed by atoms with Gasteiger partial charge in [0.05, 0.1) is 12.1 Å². The van der Waals surface area contributed by atoms with E-state index < -0.39 is 34.9 Å². The average Bonchev–Trinajstić information content (AvgIpc) is 2.74. The molecule has 0 aliphatic heterocycles. The van der Waals surface area contributed by atoms with Crippen LogP contribution in [-0.2, 0) is 19.8 Å². The monoisotopic (exact) mass is 459 g/mol. The minimum Gasteiger partial charge on any atom is -0.478 e. The maximum absolute atomic E-state index is 13.5. The third-order valence-electron chi connectivity index (χ3n) is 6.23. The minimum atomic E-state index is -1.02. The number of rotatable bonds is 10. The molecule has 0 fully saturated rings. The summed E-state index contributed by atoms with van der Waals surface area (Å²) in [4.78, 5) is 39.8. The van der Waals surface area contributed by atoms with E-state index in [9.17, 15) is 19.5 Å². The predicted molar refractivity (Wildman–Crippen MR) is 132 cm³/mol. The fourth-order valence-electron chi connectivity index (χ4n) is 3.96. The number of amides is 2. The van der Waals surface area contributed by atoms with Crippen LogP contribution in [-0.4, -0.2) is 60.0 Å². The molecule has 7 heteroatoms. The molecule has 2 amide bonds. The van der Waals surface area contributed by atoms with Crippen LogP contribution < -0.4 is 10.6 Å². The normalized spacial score (nSPS) is 15.4. The SMILES string of the molecule is CC[C@@H](/C=C(\C)C(=O)O)N(C)C(=O)C(NC(=O)[C@@H](NC)C(C)(C)c1ccccc1)C(C)(C)C. The van der Waals surface area contributed by atoms with Gasteiger partial charge in [-0.1, -0.05) is 78.0 Å². The summed E-state index contributed by atoms with van der Waals surface area (Å²) >= 11 is 0. The van der Waals surface area contributed by atoms with E-state index in [-0.39, 0.29) is 17.4 Å². The van der Waals surface area contributed by atoms with Gasteiger partial charge in [0.2, 0.25) is 11.8 Å². The molecule has 0 spiro atoms. The Balaban J connectivity index is 3.23. The third-order valence-corrected chi connectivity index (χ3v) is 6.23. The molecule has 0 bridgehead atoms. The average molecular weight is 460 g/mol. The lowest BCUT2D eigenvalue weighted by atomic mass is 9.76.